The Bertz CT molecular complexity index is 393. The minimum absolute atomic E-state index is 0.0106. The fraction of sp³-hybridized carbons (Fsp3) is 0.200. The van der Waals surface area contributed by atoms with Crippen molar-refractivity contribution >= 4 is 5.97 Å². The summed E-state index contributed by atoms with van der Waals surface area (Å²) in [5.74, 6) is 1.24. The molecule has 0 bridgehead atoms. The number of terminal acetylenes is 1. The Balaban J connectivity index is 3.09. The number of aromatic carboxylic acids is 1. The predicted octanol–water partition coefficient (Wildman–Crippen LogP) is 1.10. The standard InChI is InChI=1S/C10H9NO3/c1-3-6-14-9-8(10(12)13)7(2)4-5-11-9/h1,4-5H,6H2,2H3,(H,12,13). The number of carbonyl (C=O) groups is 1. The molecule has 0 saturated carbocycles. The Hall–Kier alpha value is -2.02. The van der Waals surface area contributed by atoms with Crippen molar-refractivity contribution in [2.75, 3.05) is 6.61 Å². The van der Waals surface area contributed by atoms with Crippen LogP contribution in [0.15, 0.2) is 12.3 Å². The molecule has 0 spiro atoms. The van der Waals surface area contributed by atoms with E-state index >= 15 is 0 Å². The topological polar surface area (TPSA) is 59.4 Å². The van der Waals surface area contributed by atoms with E-state index in [-0.39, 0.29) is 18.1 Å². The lowest BCUT2D eigenvalue weighted by molar-refractivity contribution is 0.0691. The van der Waals surface area contributed by atoms with Crippen molar-refractivity contribution in [1.29, 1.82) is 0 Å². The molecule has 0 radical (unpaired) electrons. The summed E-state index contributed by atoms with van der Waals surface area (Å²) >= 11 is 0. The van der Waals surface area contributed by atoms with Crippen LogP contribution in [0.5, 0.6) is 5.88 Å². The molecule has 0 aromatic carbocycles. The maximum Gasteiger partial charge on any atom is 0.341 e. The molecule has 0 amide bonds. The van der Waals surface area contributed by atoms with Crippen LogP contribution in [-0.2, 0) is 0 Å². The molecule has 0 saturated heterocycles. The van der Waals surface area contributed by atoms with Crippen molar-refractivity contribution in [3.05, 3.63) is 23.4 Å². The molecule has 14 heavy (non-hydrogen) atoms. The second-order valence-electron chi connectivity index (χ2n) is 2.61. The van der Waals surface area contributed by atoms with E-state index in [2.05, 4.69) is 10.9 Å². The summed E-state index contributed by atoms with van der Waals surface area (Å²) in [6, 6.07) is 1.60. The van der Waals surface area contributed by atoms with E-state index < -0.39 is 5.97 Å². The first-order valence-corrected chi connectivity index (χ1v) is 3.92. The molecular weight excluding hydrogens is 182 g/mol. The summed E-state index contributed by atoms with van der Waals surface area (Å²) in [5.41, 5.74) is 0.655. The minimum Gasteiger partial charge on any atom is -0.477 e. The van der Waals surface area contributed by atoms with Gasteiger partial charge in [0.2, 0.25) is 5.88 Å². The van der Waals surface area contributed by atoms with Crippen molar-refractivity contribution in [3.8, 4) is 18.2 Å². The predicted molar refractivity (Wildman–Crippen MR) is 50.3 cm³/mol. The quantitative estimate of drug-likeness (QED) is 0.727. The van der Waals surface area contributed by atoms with E-state index in [9.17, 15) is 4.79 Å². The van der Waals surface area contributed by atoms with Gasteiger partial charge in [0.15, 0.2) is 6.61 Å². The molecule has 1 aromatic heterocycles. The average molecular weight is 191 g/mol. The monoisotopic (exact) mass is 191 g/mol. The lowest BCUT2D eigenvalue weighted by Gasteiger charge is -2.06. The van der Waals surface area contributed by atoms with Gasteiger partial charge in [-0.2, -0.15) is 0 Å². The zero-order chi connectivity index (χ0) is 10.6. The SMILES string of the molecule is C#CCOc1nccc(C)c1C(=O)O. The first-order valence-electron chi connectivity index (χ1n) is 3.92. The number of rotatable bonds is 3. The number of hydrogen-bond donors (Lipinski definition) is 1. The molecule has 0 atom stereocenters. The highest BCUT2D eigenvalue weighted by Crippen LogP contribution is 2.18. The van der Waals surface area contributed by atoms with Gasteiger partial charge in [-0.05, 0) is 18.6 Å². The van der Waals surface area contributed by atoms with Gasteiger partial charge in [-0.15, -0.1) is 6.42 Å². The lowest BCUT2D eigenvalue weighted by atomic mass is 10.1. The average Bonchev–Trinajstić information content (AvgIpc) is 2.14. The molecule has 0 aliphatic heterocycles. The van der Waals surface area contributed by atoms with Crippen LogP contribution in [0.3, 0.4) is 0 Å². The van der Waals surface area contributed by atoms with E-state index in [4.69, 9.17) is 16.3 Å². The van der Waals surface area contributed by atoms with Crippen molar-refractivity contribution in [2.45, 2.75) is 6.92 Å². The van der Waals surface area contributed by atoms with E-state index in [0.29, 0.717) is 5.56 Å². The van der Waals surface area contributed by atoms with Crippen molar-refractivity contribution < 1.29 is 14.6 Å². The summed E-state index contributed by atoms with van der Waals surface area (Å²) in [6.45, 7) is 1.69. The molecule has 1 heterocycles. The molecule has 0 fully saturated rings. The number of carboxylic acids is 1. The maximum atomic E-state index is 10.8. The summed E-state index contributed by atoms with van der Waals surface area (Å²) in [4.78, 5) is 14.6. The Morgan fingerprint density at radius 3 is 3.07 bits per heavy atom. The molecule has 1 N–H and O–H groups in total. The number of carboxylic acid groups (broad SMARTS) is 1. The van der Waals surface area contributed by atoms with E-state index in [1.165, 1.54) is 6.20 Å². The fourth-order valence-corrected chi connectivity index (χ4v) is 1.01. The van der Waals surface area contributed by atoms with Gasteiger partial charge in [0.1, 0.15) is 5.56 Å². The zero-order valence-electron chi connectivity index (χ0n) is 7.65. The highest BCUT2D eigenvalue weighted by molar-refractivity contribution is 5.91. The first kappa shape index (κ1) is 10.1. The van der Waals surface area contributed by atoms with Gasteiger partial charge in [0, 0.05) is 6.20 Å². The zero-order valence-corrected chi connectivity index (χ0v) is 7.65. The third-order valence-corrected chi connectivity index (χ3v) is 1.63. The number of pyridine rings is 1. The van der Waals surface area contributed by atoms with E-state index in [0.717, 1.165) is 0 Å². The Morgan fingerprint density at radius 2 is 2.50 bits per heavy atom. The van der Waals surface area contributed by atoms with Crippen LogP contribution in [0.25, 0.3) is 0 Å². The third kappa shape index (κ3) is 2.02. The van der Waals surface area contributed by atoms with Crippen LogP contribution in [-0.4, -0.2) is 22.7 Å². The number of hydrogen-bond acceptors (Lipinski definition) is 3. The van der Waals surface area contributed by atoms with Crippen LogP contribution >= 0.6 is 0 Å². The van der Waals surface area contributed by atoms with Crippen LogP contribution < -0.4 is 4.74 Å². The first-order chi connectivity index (χ1) is 6.66. The summed E-state index contributed by atoms with van der Waals surface area (Å²) in [6.07, 6.45) is 6.47. The van der Waals surface area contributed by atoms with Crippen LogP contribution in [0, 0.1) is 19.3 Å². The molecule has 4 heteroatoms. The summed E-state index contributed by atoms with van der Waals surface area (Å²) in [5, 5.41) is 8.87. The molecule has 1 rings (SSSR count). The van der Waals surface area contributed by atoms with Crippen LogP contribution in [0.2, 0.25) is 0 Å². The Labute approximate surface area is 81.5 Å². The summed E-state index contributed by atoms with van der Waals surface area (Å²) in [7, 11) is 0. The van der Waals surface area contributed by atoms with Gasteiger partial charge in [0.25, 0.3) is 0 Å². The lowest BCUT2D eigenvalue weighted by Crippen LogP contribution is -2.07. The van der Waals surface area contributed by atoms with Gasteiger partial charge in [-0.3, -0.25) is 0 Å². The smallest absolute Gasteiger partial charge is 0.341 e. The van der Waals surface area contributed by atoms with E-state index in [1.54, 1.807) is 13.0 Å². The minimum atomic E-state index is -1.07. The molecular formula is C10H9NO3. The van der Waals surface area contributed by atoms with Gasteiger partial charge in [-0.1, -0.05) is 5.92 Å². The molecule has 4 nitrogen and oxygen atoms in total. The number of aryl methyl sites for hydroxylation is 1. The second-order valence-corrected chi connectivity index (χ2v) is 2.61. The van der Waals surface area contributed by atoms with E-state index in [1.807, 2.05) is 0 Å². The van der Waals surface area contributed by atoms with Crippen LogP contribution in [0.1, 0.15) is 15.9 Å². The van der Waals surface area contributed by atoms with Crippen molar-refractivity contribution in [2.24, 2.45) is 0 Å². The van der Waals surface area contributed by atoms with Crippen LogP contribution in [0.4, 0.5) is 0 Å². The number of aromatic nitrogens is 1. The highest BCUT2D eigenvalue weighted by atomic mass is 16.5. The molecule has 72 valence electrons. The third-order valence-electron chi connectivity index (χ3n) is 1.63. The molecule has 1 aromatic rings. The maximum absolute atomic E-state index is 10.8. The van der Waals surface area contributed by atoms with Gasteiger partial charge in [0.05, 0.1) is 0 Å². The second kappa shape index (κ2) is 4.28. The van der Waals surface area contributed by atoms with Crippen molar-refractivity contribution in [1.82, 2.24) is 4.98 Å². The largest absolute Gasteiger partial charge is 0.477 e. The number of ether oxygens (including phenoxy) is 1. The Kier molecular flexibility index (Phi) is 3.08. The van der Waals surface area contributed by atoms with Gasteiger partial charge < -0.3 is 9.84 Å². The normalized spacial score (nSPS) is 9.14. The number of nitrogens with zero attached hydrogens (tertiary/aromatic N) is 1. The summed E-state index contributed by atoms with van der Waals surface area (Å²) < 4.78 is 5.00. The Morgan fingerprint density at radius 1 is 1.79 bits per heavy atom. The molecule has 0 aliphatic rings. The fourth-order valence-electron chi connectivity index (χ4n) is 1.01. The van der Waals surface area contributed by atoms with Gasteiger partial charge in [-0.25, -0.2) is 9.78 Å². The molecule has 0 unspecified atom stereocenters. The highest BCUT2D eigenvalue weighted by Gasteiger charge is 2.14. The van der Waals surface area contributed by atoms with Gasteiger partial charge >= 0.3 is 5.97 Å². The van der Waals surface area contributed by atoms with Crippen molar-refractivity contribution in [3.63, 3.8) is 0 Å². The molecule has 0 aliphatic carbocycles.